The molecule has 0 spiro atoms. The quantitative estimate of drug-likeness (QED) is 0.728. The summed E-state index contributed by atoms with van der Waals surface area (Å²) < 4.78 is 5.26. The van der Waals surface area contributed by atoms with Crippen molar-refractivity contribution in [3.63, 3.8) is 0 Å². The molecule has 116 valence electrons. The van der Waals surface area contributed by atoms with Gasteiger partial charge in [0.1, 0.15) is 11.7 Å². The monoisotopic (exact) mass is 308 g/mol. The molecule has 4 rings (SSSR count). The minimum Gasteiger partial charge on any atom is -0.337 e. The van der Waals surface area contributed by atoms with E-state index in [1.54, 1.807) is 17.9 Å². The summed E-state index contributed by atoms with van der Waals surface area (Å²) in [4.78, 5) is 23.4. The standard InChI is InChI=1S/C17H16N4O2/c1-11-18-16(23-20-11)15-7-4-10-21(15)17(22)14-9-8-12-5-2-3-6-13(12)19-14/h2-3,5-6,8-9,15H,4,7,10H2,1H3. The number of carbonyl (C=O) groups excluding carboxylic acids is 1. The molecule has 23 heavy (non-hydrogen) atoms. The highest BCUT2D eigenvalue weighted by Crippen LogP contribution is 2.32. The van der Waals surface area contributed by atoms with E-state index in [2.05, 4.69) is 15.1 Å². The fourth-order valence-corrected chi connectivity index (χ4v) is 3.05. The van der Waals surface area contributed by atoms with Gasteiger partial charge in [0.05, 0.1) is 5.52 Å². The molecule has 0 N–H and O–H groups in total. The van der Waals surface area contributed by atoms with Crippen molar-refractivity contribution in [1.29, 1.82) is 0 Å². The van der Waals surface area contributed by atoms with Crippen molar-refractivity contribution in [3.8, 4) is 0 Å². The van der Waals surface area contributed by atoms with Crippen LogP contribution in [-0.2, 0) is 0 Å². The zero-order chi connectivity index (χ0) is 15.8. The van der Waals surface area contributed by atoms with Crippen LogP contribution in [0.1, 0.15) is 41.1 Å². The molecule has 1 atom stereocenters. The molecule has 1 saturated heterocycles. The van der Waals surface area contributed by atoms with Gasteiger partial charge in [-0.25, -0.2) is 4.98 Å². The van der Waals surface area contributed by atoms with Gasteiger partial charge >= 0.3 is 0 Å². The van der Waals surface area contributed by atoms with Crippen molar-refractivity contribution in [1.82, 2.24) is 20.0 Å². The first-order valence-electron chi connectivity index (χ1n) is 7.69. The van der Waals surface area contributed by atoms with E-state index >= 15 is 0 Å². The van der Waals surface area contributed by atoms with Gasteiger partial charge in [-0.2, -0.15) is 4.98 Å². The predicted molar refractivity (Wildman–Crippen MR) is 83.8 cm³/mol. The number of para-hydroxylation sites is 1. The van der Waals surface area contributed by atoms with Gasteiger partial charge in [-0.1, -0.05) is 29.4 Å². The van der Waals surface area contributed by atoms with Gasteiger partial charge in [0.15, 0.2) is 5.82 Å². The largest absolute Gasteiger partial charge is 0.337 e. The summed E-state index contributed by atoms with van der Waals surface area (Å²) in [6, 6.07) is 11.3. The minimum absolute atomic E-state index is 0.0888. The van der Waals surface area contributed by atoms with E-state index in [1.807, 2.05) is 30.3 Å². The highest BCUT2D eigenvalue weighted by atomic mass is 16.5. The third kappa shape index (κ3) is 2.46. The Labute approximate surface area is 133 Å². The summed E-state index contributed by atoms with van der Waals surface area (Å²) in [7, 11) is 0. The topological polar surface area (TPSA) is 72.1 Å². The van der Waals surface area contributed by atoms with Crippen LogP contribution in [0, 0.1) is 6.92 Å². The summed E-state index contributed by atoms with van der Waals surface area (Å²) in [5.74, 6) is 1.01. The highest BCUT2D eigenvalue weighted by molar-refractivity contribution is 5.95. The summed E-state index contributed by atoms with van der Waals surface area (Å²) in [5.41, 5.74) is 1.27. The Morgan fingerprint density at radius 2 is 2.09 bits per heavy atom. The number of nitrogens with zero attached hydrogens (tertiary/aromatic N) is 4. The molecule has 1 aromatic carbocycles. The molecule has 3 aromatic rings. The second-order valence-electron chi connectivity index (χ2n) is 5.73. The molecular weight excluding hydrogens is 292 g/mol. The van der Waals surface area contributed by atoms with Crippen LogP contribution >= 0.6 is 0 Å². The molecule has 3 heterocycles. The number of aryl methyl sites for hydroxylation is 1. The van der Waals surface area contributed by atoms with Gasteiger partial charge < -0.3 is 9.42 Å². The first kappa shape index (κ1) is 13.9. The lowest BCUT2D eigenvalue weighted by molar-refractivity contribution is 0.0704. The number of fused-ring (bicyclic) bond motifs is 1. The molecular formula is C17H16N4O2. The lowest BCUT2D eigenvalue weighted by Crippen LogP contribution is -2.31. The highest BCUT2D eigenvalue weighted by Gasteiger charge is 2.34. The molecule has 1 amide bonds. The molecule has 1 aliphatic heterocycles. The molecule has 1 fully saturated rings. The zero-order valence-corrected chi connectivity index (χ0v) is 12.8. The number of carbonyl (C=O) groups is 1. The van der Waals surface area contributed by atoms with Crippen LogP contribution in [0.2, 0.25) is 0 Å². The van der Waals surface area contributed by atoms with Gasteiger partial charge in [0, 0.05) is 11.9 Å². The lowest BCUT2D eigenvalue weighted by atomic mass is 10.2. The molecule has 0 bridgehead atoms. The van der Waals surface area contributed by atoms with Gasteiger partial charge in [-0.3, -0.25) is 4.79 Å². The maximum absolute atomic E-state index is 12.9. The Hall–Kier alpha value is -2.76. The molecule has 6 heteroatoms. The van der Waals surface area contributed by atoms with E-state index in [9.17, 15) is 4.79 Å². The van der Waals surface area contributed by atoms with Crippen LogP contribution in [0.3, 0.4) is 0 Å². The van der Waals surface area contributed by atoms with E-state index in [0.29, 0.717) is 24.0 Å². The maximum Gasteiger partial charge on any atom is 0.273 e. The number of hydrogen-bond acceptors (Lipinski definition) is 5. The summed E-state index contributed by atoms with van der Waals surface area (Å²) >= 11 is 0. The van der Waals surface area contributed by atoms with E-state index in [-0.39, 0.29) is 11.9 Å². The molecule has 1 unspecified atom stereocenters. The Morgan fingerprint density at radius 1 is 1.22 bits per heavy atom. The molecule has 0 radical (unpaired) electrons. The third-order valence-corrected chi connectivity index (χ3v) is 4.16. The van der Waals surface area contributed by atoms with Crippen LogP contribution in [-0.4, -0.2) is 32.5 Å². The number of pyridine rings is 1. The van der Waals surface area contributed by atoms with E-state index in [1.165, 1.54) is 0 Å². The average molecular weight is 308 g/mol. The first-order chi connectivity index (χ1) is 11.2. The SMILES string of the molecule is Cc1noc(C2CCCN2C(=O)c2ccc3ccccc3n2)n1. The third-order valence-electron chi connectivity index (χ3n) is 4.16. The van der Waals surface area contributed by atoms with Crippen LogP contribution in [0.4, 0.5) is 0 Å². The lowest BCUT2D eigenvalue weighted by Gasteiger charge is -2.21. The van der Waals surface area contributed by atoms with Gasteiger partial charge in [0.2, 0.25) is 5.89 Å². The van der Waals surface area contributed by atoms with Crippen LogP contribution in [0.25, 0.3) is 10.9 Å². The van der Waals surface area contributed by atoms with Crippen molar-refractivity contribution in [2.24, 2.45) is 0 Å². The van der Waals surface area contributed by atoms with E-state index < -0.39 is 0 Å². The normalized spacial score (nSPS) is 17.8. The molecule has 0 aliphatic carbocycles. The second-order valence-corrected chi connectivity index (χ2v) is 5.73. The number of aromatic nitrogens is 3. The fraction of sp³-hybridized carbons (Fsp3) is 0.294. The van der Waals surface area contributed by atoms with Crippen LogP contribution in [0.5, 0.6) is 0 Å². The van der Waals surface area contributed by atoms with Gasteiger partial charge in [0.25, 0.3) is 5.91 Å². The number of likely N-dealkylation sites (tertiary alicyclic amines) is 1. The van der Waals surface area contributed by atoms with Crippen molar-refractivity contribution < 1.29 is 9.32 Å². The minimum atomic E-state index is -0.156. The number of rotatable bonds is 2. The van der Waals surface area contributed by atoms with Crippen LogP contribution < -0.4 is 0 Å². The fourth-order valence-electron chi connectivity index (χ4n) is 3.05. The van der Waals surface area contributed by atoms with Crippen molar-refractivity contribution in [2.75, 3.05) is 6.54 Å². The predicted octanol–water partition coefficient (Wildman–Crippen LogP) is 2.90. The number of hydrogen-bond donors (Lipinski definition) is 0. The second kappa shape index (κ2) is 5.46. The average Bonchev–Trinajstić information content (AvgIpc) is 3.22. The number of amides is 1. The van der Waals surface area contributed by atoms with E-state index in [0.717, 1.165) is 23.7 Å². The van der Waals surface area contributed by atoms with Crippen molar-refractivity contribution in [3.05, 3.63) is 53.8 Å². The van der Waals surface area contributed by atoms with Crippen molar-refractivity contribution >= 4 is 16.8 Å². The smallest absolute Gasteiger partial charge is 0.273 e. The van der Waals surface area contributed by atoms with Crippen molar-refractivity contribution in [2.45, 2.75) is 25.8 Å². The summed E-state index contributed by atoms with van der Waals surface area (Å²) in [5, 5.41) is 4.85. The molecule has 6 nitrogen and oxygen atoms in total. The molecule has 1 aliphatic rings. The molecule has 0 saturated carbocycles. The Bertz CT molecular complexity index is 874. The number of benzene rings is 1. The van der Waals surface area contributed by atoms with Gasteiger partial charge in [-0.15, -0.1) is 0 Å². The Balaban J connectivity index is 1.66. The first-order valence-corrected chi connectivity index (χ1v) is 7.69. The summed E-state index contributed by atoms with van der Waals surface area (Å²) in [6.45, 7) is 2.46. The van der Waals surface area contributed by atoms with E-state index in [4.69, 9.17) is 4.52 Å². The maximum atomic E-state index is 12.9. The molecule has 2 aromatic heterocycles. The summed E-state index contributed by atoms with van der Waals surface area (Å²) in [6.07, 6.45) is 1.76. The van der Waals surface area contributed by atoms with Gasteiger partial charge in [-0.05, 0) is 31.9 Å². The van der Waals surface area contributed by atoms with Crippen LogP contribution in [0.15, 0.2) is 40.9 Å². The Kier molecular flexibility index (Phi) is 3.29. The Morgan fingerprint density at radius 3 is 2.91 bits per heavy atom. The zero-order valence-electron chi connectivity index (χ0n) is 12.8.